The second kappa shape index (κ2) is 5.91. The standard InChI is InChI=1S/C15H19N3O2S/c1-16-4-5-17-6-7-18(15(17)21)12-8-11-9-13(19)2-3-14(11)20-10-12/h2-3,6-7,9,12,16,19H,4-5,8,10H2,1H3. The lowest BCUT2D eigenvalue weighted by molar-refractivity contribution is 0.221. The van der Waals surface area contributed by atoms with Crippen molar-refractivity contribution < 1.29 is 9.84 Å². The highest BCUT2D eigenvalue weighted by atomic mass is 32.1. The number of aromatic nitrogens is 2. The Labute approximate surface area is 128 Å². The molecule has 0 saturated carbocycles. The van der Waals surface area contributed by atoms with E-state index in [-0.39, 0.29) is 11.8 Å². The van der Waals surface area contributed by atoms with Crippen LogP contribution in [0.5, 0.6) is 11.5 Å². The highest BCUT2D eigenvalue weighted by Gasteiger charge is 2.22. The molecule has 5 nitrogen and oxygen atoms in total. The van der Waals surface area contributed by atoms with Gasteiger partial charge in [0.2, 0.25) is 0 Å². The van der Waals surface area contributed by atoms with Crippen molar-refractivity contribution in [2.24, 2.45) is 0 Å². The molecule has 2 heterocycles. The average Bonchev–Trinajstić information content (AvgIpc) is 2.85. The first-order chi connectivity index (χ1) is 10.2. The predicted molar refractivity (Wildman–Crippen MR) is 83.5 cm³/mol. The monoisotopic (exact) mass is 305 g/mol. The second-order valence-electron chi connectivity index (χ2n) is 5.25. The third kappa shape index (κ3) is 2.82. The molecule has 1 aromatic carbocycles. The summed E-state index contributed by atoms with van der Waals surface area (Å²) < 4.78 is 10.7. The van der Waals surface area contributed by atoms with Crippen molar-refractivity contribution in [1.82, 2.24) is 14.5 Å². The summed E-state index contributed by atoms with van der Waals surface area (Å²) in [5.41, 5.74) is 1.02. The summed E-state index contributed by atoms with van der Waals surface area (Å²) >= 11 is 5.54. The first-order valence-corrected chi connectivity index (χ1v) is 7.46. The van der Waals surface area contributed by atoms with Crippen LogP contribution in [-0.2, 0) is 13.0 Å². The highest BCUT2D eigenvalue weighted by molar-refractivity contribution is 7.71. The summed E-state index contributed by atoms with van der Waals surface area (Å²) in [5.74, 6) is 1.12. The van der Waals surface area contributed by atoms with Crippen LogP contribution in [-0.4, -0.2) is 34.4 Å². The summed E-state index contributed by atoms with van der Waals surface area (Å²) in [7, 11) is 1.93. The van der Waals surface area contributed by atoms with Crippen LogP contribution in [0.15, 0.2) is 30.6 Å². The molecule has 0 saturated heterocycles. The van der Waals surface area contributed by atoms with Gasteiger partial charge in [-0.1, -0.05) is 0 Å². The Bertz CT molecular complexity index is 692. The van der Waals surface area contributed by atoms with Gasteiger partial charge in [-0.2, -0.15) is 0 Å². The molecule has 0 spiro atoms. The van der Waals surface area contributed by atoms with Crippen LogP contribution < -0.4 is 10.1 Å². The Morgan fingerprint density at radius 2 is 2.29 bits per heavy atom. The molecule has 0 aliphatic carbocycles. The normalized spacial score (nSPS) is 17.3. The Hall–Kier alpha value is -1.79. The number of imidazole rings is 1. The fourth-order valence-corrected chi connectivity index (χ4v) is 3.01. The first kappa shape index (κ1) is 14.2. The molecular formula is C15H19N3O2S. The van der Waals surface area contributed by atoms with Gasteiger partial charge < -0.3 is 24.3 Å². The number of fused-ring (bicyclic) bond motifs is 1. The van der Waals surface area contributed by atoms with Gasteiger partial charge in [-0.25, -0.2) is 0 Å². The van der Waals surface area contributed by atoms with E-state index < -0.39 is 0 Å². The summed E-state index contributed by atoms with van der Waals surface area (Å²) in [5, 5.41) is 12.7. The van der Waals surface area contributed by atoms with Gasteiger partial charge in [0.1, 0.15) is 18.1 Å². The molecule has 6 heteroatoms. The SMILES string of the molecule is CNCCn1ccn(C2COc3ccc(O)cc3C2)c1=S. The Morgan fingerprint density at radius 3 is 3.10 bits per heavy atom. The van der Waals surface area contributed by atoms with Crippen LogP contribution in [0.2, 0.25) is 0 Å². The maximum absolute atomic E-state index is 9.61. The Morgan fingerprint density at radius 1 is 1.43 bits per heavy atom. The van der Waals surface area contributed by atoms with Gasteiger partial charge in [0.25, 0.3) is 0 Å². The van der Waals surface area contributed by atoms with Gasteiger partial charge in [0.15, 0.2) is 4.77 Å². The molecule has 0 amide bonds. The number of benzene rings is 1. The van der Waals surface area contributed by atoms with Crippen molar-refractivity contribution in [1.29, 1.82) is 0 Å². The molecule has 0 radical (unpaired) electrons. The number of likely N-dealkylation sites (N-methyl/N-ethyl adjacent to an activating group) is 1. The minimum atomic E-state index is 0.169. The molecular weight excluding hydrogens is 286 g/mol. The van der Waals surface area contributed by atoms with E-state index in [0.717, 1.165) is 35.6 Å². The molecule has 3 rings (SSSR count). The fraction of sp³-hybridized carbons (Fsp3) is 0.400. The van der Waals surface area contributed by atoms with Crippen molar-refractivity contribution in [3.63, 3.8) is 0 Å². The summed E-state index contributed by atoms with van der Waals surface area (Å²) in [6.45, 7) is 2.34. The highest BCUT2D eigenvalue weighted by Crippen LogP contribution is 2.32. The predicted octanol–water partition coefficient (Wildman–Crippen LogP) is 2.12. The van der Waals surface area contributed by atoms with Crippen LogP contribution in [0.1, 0.15) is 11.6 Å². The zero-order valence-corrected chi connectivity index (χ0v) is 12.8. The number of ether oxygens (including phenoxy) is 1. The van der Waals surface area contributed by atoms with E-state index in [2.05, 4.69) is 14.5 Å². The van der Waals surface area contributed by atoms with Crippen LogP contribution in [0.4, 0.5) is 0 Å². The molecule has 1 unspecified atom stereocenters. The minimum Gasteiger partial charge on any atom is -0.508 e. The third-order valence-electron chi connectivity index (χ3n) is 3.80. The fourth-order valence-electron chi connectivity index (χ4n) is 2.65. The van der Waals surface area contributed by atoms with E-state index in [1.807, 2.05) is 25.5 Å². The van der Waals surface area contributed by atoms with Crippen LogP contribution in [0.3, 0.4) is 0 Å². The van der Waals surface area contributed by atoms with E-state index >= 15 is 0 Å². The van der Waals surface area contributed by atoms with Crippen LogP contribution in [0, 0.1) is 4.77 Å². The topological polar surface area (TPSA) is 51.4 Å². The third-order valence-corrected chi connectivity index (χ3v) is 4.25. The molecule has 112 valence electrons. The minimum absolute atomic E-state index is 0.169. The largest absolute Gasteiger partial charge is 0.508 e. The van der Waals surface area contributed by atoms with E-state index in [0.29, 0.717) is 6.61 Å². The van der Waals surface area contributed by atoms with Crippen molar-refractivity contribution in [3.8, 4) is 11.5 Å². The van der Waals surface area contributed by atoms with Gasteiger partial charge in [-0.05, 0) is 43.0 Å². The molecule has 0 bridgehead atoms. The van der Waals surface area contributed by atoms with Gasteiger partial charge in [0, 0.05) is 31.9 Å². The maximum atomic E-state index is 9.61. The lowest BCUT2D eigenvalue weighted by Crippen LogP contribution is -2.24. The number of aromatic hydroxyl groups is 1. The van der Waals surface area contributed by atoms with Crippen LogP contribution >= 0.6 is 12.2 Å². The number of hydrogen-bond donors (Lipinski definition) is 2. The summed E-state index contributed by atoms with van der Waals surface area (Å²) in [6, 6.07) is 5.41. The zero-order chi connectivity index (χ0) is 14.8. The number of hydrogen-bond acceptors (Lipinski definition) is 4. The zero-order valence-electron chi connectivity index (χ0n) is 12.0. The Kier molecular flexibility index (Phi) is 3.98. The van der Waals surface area contributed by atoms with Gasteiger partial charge in [-0.3, -0.25) is 0 Å². The lowest BCUT2D eigenvalue weighted by atomic mass is 10.0. The summed E-state index contributed by atoms with van der Waals surface area (Å²) in [4.78, 5) is 0. The molecule has 21 heavy (non-hydrogen) atoms. The number of rotatable bonds is 4. The van der Waals surface area contributed by atoms with E-state index in [9.17, 15) is 5.11 Å². The van der Waals surface area contributed by atoms with Crippen LogP contribution in [0.25, 0.3) is 0 Å². The van der Waals surface area contributed by atoms with Crippen molar-refractivity contribution >= 4 is 12.2 Å². The summed E-state index contributed by atoms with van der Waals surface area (Å²) in [6.07, 6.45) is 4.84. The van der Waals surface area contributed by atoms with Crippen molar-refractivity contribution in [2.75, 3.05) is 20.2 Å². The van der Waals surface area contributed by atoms with E-state index in [4.69, 9.17) is 17.0 Å². The molecule has 0 fully saturated rings. The Balaban J connectivity index is 1.83. The molecule has 2 N–H and O–H groups in total. The number of phenols is 1. The van der Waals surface area contributed by atoms with Gasteiger partial charge in [-0.15, -0.1) is 0 Å². The van der Waals surface area contributed by atoms with E-state index in [1.54, 1.807) is 12.1 Å². The number of nitrogens with zero attached hydrogens (tertiary/aromatic N) is 2. The molecule has 1 aliphatic rings. The second-order valence-corrected chi connectivity index (χ2v) is 5.61. The first-order valence-electron chi connectivity index (χ1n) is 7.05. The van der Waals surface area contributed by atoms with Gasteiger partial charge >= 0.3 is 0 Å². The maximum Gasteiger partial charge on any atom is 0.180 e. The molecule has 1 aromatic heterocycles. The molecule has 1 atom stereocenters. The number of nitrogens with one attached hydrogen (secondary N) is 1. The van der Waals surface area contributed by atoms with E-state index in [1.165, 1.54) is 0 Å². The molecule has 1 aliphatic heterocycles. The van der Waals surface area contributed by atoms with Crippen molar-refractivity contribution in [3.05, 3.63) is 40.9 Å². The lowest BCUT2D eigenvalue weighted by Gasteiger charge is -2.26. The number of phenolic OH excluding ortho intramolecular Hbond substituents is 1. The molecule has 2 aromatic rings. The quantitative estimate of drug-likeness (QED) is 0.850. The van der Waals surface area contributed by atoms with Gasteiger partial charge in [0.05, 0.1) is 6.04 Å². The average molecular weight is 305 g/mol. The van der Waals surface area contributed by atoms with Crippen molar-refractivity contribution in [2.45, 2.75) is 19.0 Å². The smallest absolute Gasteiger partial charge is 0.180 e.